The maximum Gasteiger partial charge on any atom is 0.223 e. The van der Waals surface area contributed by atoms with E-state index in [9.17, 15) is 14.0 Å². The van der Waals surface area contributed by atoms with Crippen molar-refractivity contribution < 1.29 is 18.7 Å². The minimum absolute atomic E-state index is 0.0309. The highest BCUT2D eigenvalue weighted by Gasteiger charge is 2.18. The van der Waals surface area contributed by atoms with Crippen LogP contribution < -0.4 is 15.0 Å². The minimum atomic E-state index is -0.277. The van der Waals surface area contributed by atoms with Gasteiger partial charge in [0, 0.05) is 26.4 Å². The molecule has 0 aliphatic rings. The van der Waals surface area contributed by atoms with Gasteiger partial charge in [-0.25, -0.2) is 4.39 Å². The summed E-state index contributed by atoms with van der Waals surface area (Å²) < 4.78 is 19.4. The van der Waals surface area contributed by atoms with Crippen molar-refractivity contribution in [3.05, 3.63) is 59.9 Å². The number of carbonyl (C=O) groups excluding carboxylic acids is 2. The van der Waals surface area contributed by atoms with E-state index in [1.54, 1.807) is 30.3 Å². The number of anilines is 1. The van der Waals surface area contributed by atoms with E-state index in [-0.39, 0.29) is 36.7 Å². The Morgan fingerprint density at radius 1 is 1.11 bits per heavy atom. The molecule has 0 fully saturated rings. The molecule has 0 atom stereocenters. The number of halogens is 1. The Kier molecular flexibility index (Phi) is 7.99. The van der Waals surface area contributed by atoms with E-state index >= 15 is 0 Å². The van der Waals surface area contributed by atoms with E-state index in [0.29, 0.717) is 30.0 Å². The van der Waals surface area contributed by atoms with Crippen LogP contribution in [0.5, 0.6) is 5.75 Å². The molecule has 0 saturated carbocycles. The third-order valence-corrected chi connectivity index (χ3v) is 4.14. The lowest BCUT2D eigenvalue weighted by Crippen LogP contribution is -2.34. The van der Waals surface area contributed by atoms with Gasteiger partial charge in [0.05, 0.1) is 11.8 Å². The Hall–Kier alpha value is -2.89. The van der Waals surface area contributed by atoms with E-state index in [0.717, 1.165) is 0 Å². The van der Waals surface area contributed by atoms with Crippen LogP contribution in [0, 0.1) is 5.82 Å². The maximum absolute atomic E-state index is 13.6. The first-order chi connectivity index (χ1) is 13.4. The summed E-state index contributed by atoms with van der Waals surface area (Å²) in [5, 5.41) is 2.78. The van der Waals surface area contributed by atoms with Crippen molar-refractivity contribution >= 4 is 17.5 Å². The number of nitrogens with zero attached hydrogens (tertiary/aromatic N) is 1. The molecule has 0 radical (unpaired) electrons. The molecule has 2 aromatic carbocycles. The van der Waals surface area contributed by atoms with Gasteiger partial charge in [-0.2, -0.15) is 0 Å². The molecule has 0 bridgehead atoms. The smallest absolute Gasteiger partial charge is 0.223 e. The Morgan fingerprint density at radius 2 is 1.79 bits per heavy atom. The van der Waals surface area contributed by atoms with E-state index < -0.39 is 0 Å². The summed E-state index contributed by atoms with van der Waals surface area (Å²) >= 11 is 0. The Balaban J connectivity index is 1.92. The summed E-state index contributed by atoms with van der Waals surface area (Å²) in [6.45, 7) is 5.87. The Bertz CT molecular complexity index is 808. The average molecular weight is 386 g/mol. The third kappa shape index (κ3) is 6.37. The molecule has 0 saturated heterocycles. The second kappa shape index (κ2) is 10.4. The molecule has 2 amide bonds. The van der Waals surface area contributed by atoms with Crippen LogP contribution in [-0.2, 0) is 16.0 Å². The minimum Gasteiger partial charge on any atom is -0.489 e. The van der Waals surface area contributed by atoms with Gasteiger partial charge in [0.2, 0.25) is 11.8 Å². The highest BCUT2D eigenvalue weighted by molar-refractivity contribution is 5.93. The van der Waals surface area contributed by atoms with Crippen molar-refractivity contribution in [2.75, 3.05) is 18.0 Å². The average Bonchev–Trinajstić information content (AvgIpc) is 2.64. The largest absolute Gasteiger partial charge is 0.489 e. The molecule has 0 aliphatic carbocycles. The fourth-order valence-electron chi connectivity index (χ4n) is 2.82. The predicted octanol–water partition coefficient (Wildman–Crippen LogP) is 3.71. The summed E-state index contributed by atoms with van der Waals surface area (Å²) in [6, 6.07) is 13.8. The standard InChI is InChI=1S/C22H27FN2O3/c1-16(2)28-21-11-7-6-10-20(21)25(17(3)26)15-13-22(27)24-14-12-18-8-4-5-9-19(18)23/h4-11,16H,12-15H2,1-3H3,(H,24,27). The van der Waals surface area contributed by atoms with E-state index in [2.05, 4.69) is 5.32 Å². The van der Waals surface area contributed by atoms with E-state index in [1.807, 2.05) is 26.0 Å². The lowest BCUT2D eigenvalue weighted by molar-refractivity contribution is -0.121. The van der Waals surface area contributed by atoms with Crippen LogP contribution >= 0.6 is 0 Å². The van der Waals surface area contributed by atoms with Gasteiger partial charge in [0.25, 0.3) is 0 Å². The van der Waals surface area contributed by atoms with Gasteiger partial charge in [0.15, 0.2) is 0 Å². The van der Waals surface area contributed by atoms with Crippen LogP contribution in [0.1, 0.15) is 32.8 Å². The summed E-state index contributed by atoms with van der Waals surface area (Å²) in [5.41, 5.74) is 1.20. The molecule has 0 spiro atoms. The maximum atomic E-state index is 13.6. The van der Waals surface area contributed by atoms with Gasteiger partial charge in [0.1, 0.15) is 11.6 Å². The SMILES string of the molecule is CC(=O)N(CCC(=O)NCCc1ccccc1F)c1ccccc1OC(C)C. The molecule has 28 heavy (non-hydrogen) atoms. The molecular formula is C22H27FN2O3. The first-order valence-electron chi connectivity index (χ1n) is 9.42. The monoisotopic (exact) mass is 386 g/mol. The molecule has 0 heterocycles. The highest BCUT2D eigenvalue weighted by atomic mass is 19.1. The van der Waals surface area contributed by atoms with Gasteiger partial charge in [-0.15, -0.1) is 0 Å². The predicted molar refractivity (Wildman–Crippen MR) is 108 cm³/mol. The number of amides is 2. The molecule has 5 nitrogen and oxygen atoms in total. The summed E-state index contributed by atoms with van der Waals surface area (Å²) in [5.74, 6) is -0.0299. The molecule has 2 aromatic rings. The molecule has 2 rings (SSSR count). The summed E-state index contributed by atoms with van der Waals surface area (Å²) in [4.78, 5) is 25.8. The zero-order valence-corrected chi connectivity index (χ0v) is 16.6. The number of carbonyl (C=O) groups is 2. The molecule has 0 aliphatic heterocycles. The van der Waals surface area contributed by atoms with Crippen molar-refractivity contribution in [2.24, 2.45) is 0 Å². The third-order valence-electron chi connectivity index (χ3n) is 4.14. The Labute approximate surface area is 165 Å². The van der Waals surface area contributed by atoms with Crippen LogP contribution in [-0.4, -0.2) is 31.0 Å². The van der Waals surface area contributed by atoms with Gasteiger partial charge >= 0.3 is 0 Å². The first-order valence-corrected chi connectivity index (χ1v) is 9.42. The van der Waals surface area contributed by atoms with Gasteiger partial charge in [-0.1, -0.05) is 30.3 Å². The molecule has 6 heteroatoms. The number of rotatable bonds is 9. The van der Waals surface area contributed by atoms with E-state index in [1.165, 1.54) is 17.9 Å². The van der Waals surface area contributed by atoms with Crippen LogP contribution in [0.4, 0.5) is 10.1 Å². The zero-order chi connectivity index (χ0) is 20.5. The number of hydrogen-bond donors (Lipinski definition) is 1. The molecular weight excluding hydrogens is 359 g/mol. The van der Waals surface area contributed by atoms with Gasteiger partial charge in [-0.3, -0.25) is 9.59 Å². The second-order valence-electron chi connectivity index (χ2n) is 6.75. The lowest BCUT2D eigenvalue weighted by Gasteiger charge is -2.24. The Morgan fingerprint density at radius 3 is 2.46 bits per heavy atom. The number of ether oxygens (including phenoxy) is 1. The first kappa shape index (κ1) is 21.4. The zero-order valence-electron chi connectivity index (χ0n) is 16.6. The van der Waals surface area contributed by atoms with Crippen LogP contribution in [0.25, 0.3) is 0 Å². The van der Waals surface area contributed by atoms with Gasteiger partial charge in [-0.05, 0) is 44.0 Å². The number of nitrogens with one attached hydrogen (secondary N) is 1. The number of hydrogen-bond acceptors (Lipinski definition) is 3. The second-order valence-corrected chi connectivity index (χ2v) is 6.75. The van der Waals surface area contributed by atoms with Crippen molar-refractivity contribution in [2.45, 2.75) is 39.7 Å². The molecule has 150 valence electrons. The highest BCUT2D eigenvalue weighted by Crippen LogP contribution is 2.29. The van der Waals surface area contributed by atoms with Crippen molar-refractivity contribution in [3.63, 3.8) is 0 Å². The lowest BCUT2D eigenvalue weighted by atomic mass is 10.1. The topological polar surface area (TPSA) is 58.6 Å². The normalized spacial score (nSPS) is 10.6. The van der Waals surface area contributed by atoms with Crippen LogP contribution in [0.15, 0.2) is 48.5 Å². The summed E-state index contributed by atoms with van der Waals surface area (Å²) in [6.07, 6.45) is 0.531. The summed E-state index contributed by atoms with van der Waals surface area (Å²) in [7, 11) is 0. The fourth-order valence-corrected chi connectivity index (χ4v) is 2.82. The molecule has 1 N–H and O–H groups in total. The number of benzene rings is 2. The van der Waals surface area contributed by atoms with Crippen molar-refractivity contribution in [1.82, 2.24) is 5.32 Å². The quantitative estimate of drug-likeness (QED) is 0.715. The molecule has 0 aromatic heterocycles. The van der Waals surface area contributed by atoms with Crippen molar-refractivity contribution in [3.8, 4) is 5.75 Å². The fraction of sp³-hybridized carbons (Fsp3) is 0.364. The number of para-hydroxylation sites is 2. The van der Waals surface area contributed by atoms with E-state index in [4.69, 9.17) is 4.74 Å². The van der Waals surface area contributed by atoms with Gasteiger partial charge < -0.3 is 15.0 Å². The molecule has 0 unspecified atom stereocenters. The van der Waals surface area contributed by atoms with Crippen LogP contribution in [0.2, 0.25) is 0 Å². The van der Waals surface area contributed by atoms with Crippen LogP contribution in [0.3, 0.4) is 0 Å². The van der Waals surface area contributed by atoms with Crippen molar-refractivity contribution in [1.29, 1.82) is 0 Å².